The predicted molar refractivity (Wildman–Crippen MR) is 75.0 cm³/mol. The van der Waals surface area contributed by atoms with E-state index in [4.69, 9.17) is 9.84 Å². The van der Waals surface area contributed by atoms with Gasteiger partial charge in [-0.25, -0.2) is 14.6 Å². The Balaban J connectivity index is 1.89. The SMILES string of the molecule is CCC1COCCN1C(=O)NCc1ccc(C(=O)O)nc1. The summed E-state index contributed by atoms with van der Waals surface area (Å²) in [6, 6.07) is 3.04. The van der Waals surface area contributed by atoms with Gasteiger partial charge in [0.05, 0.1) is 19.3 Å². The van der Waals surface area contributed by atoms with Crippen molar-refractivity contribution in [2.45, 2.75) is 25.9 Å². The number of carboxylic acids is 1. The predicted octanol–water partition coefficient (Wildman–Crippen LogP) is 1.10. The van der Waals surface area contributed by atoms with Gasteiger partial charge in [0, 0.05) is 19.3 Å². The number of pyridine rings is 1. The lowest BCUT2D eigenvalue weighted by molar-refractivity contribution is 0.0112. The van der Waals surface area contributed by atoms with Gasteiger partial charge >= 0.3 is 12.0 Å². The molecule has 0 radical (unpaired) electrons. The van der Waals surface area contributed by atoms with E-state index in [2.05, 4.69) is 10.3 Å². The van der Waals surface area contributed by atoms with Crippen LogP contribution in [0.15, 0.2) is 18.3 Å². The molecule has 2 amide bonds. The number of rotatable bonds is 4. The highest BCUT2D eigenvalue weighted by molar-refractivity contribution is 5.85. The van der Waals surface area contributed by atoms with Crippen molar-refractivity contribution in [3.8, 4) is 0 Å². The zero-order valence-corrected chi connectivity index (χ0v) is 11.9. The Bertz CT molecular complexity index is 503. The molecular weight excluding hydrogens is 274 g/mol. The fraction of sp³-hybridized carbons (Fsp3) is 0.500. The average Bonchev–Trinajstić information content (AvgIpc) is 2.52. The molecule has 1 aliphatic rings. The third kappa shape index (κ3) is 3.91. The van der Waals surface area contributed by atoms with E-state index in [0.717, 1.165) is 12.0 Å². The summed E-state index contributed by atoms with van der Waals surface area (Å²) in [5.41, 5.74) is 0.749. The molecule has 1 unspecified atom stereocenters. The second kappa shape index (κ2) is 7.03. The van der Waals surface area contributed by atoms with E-state index in [0.29, 0.717) is 26.3 Å². The molecule has 0 saturated carbocycles. The van der Waals surface area contributed by atoms with Crippen LogP contribution in [0.25, 0.3) is 0 Å². The Morgan fingerprint density at radius 3 is 2.95 bits per heavy atom. The van der Waals surface area contributed by atoms with Crippen molar-refractivity contribution in [3.05, 3.63) is 29.6 Å². The van der Waals surface area contributed by atoms with Crippen molar-refractivity contribution in [3.63, 3.8) is 0 Å². The van der Waals surface area contributed by atoms with Crippen LogP contribution in [-0.4, -0.2) is 52.8 Å². The molecule has 0 spiro atoms. The Labute approximate surface area is 122 Å². The number of carbonyl (C=O) groups is 2. The van der Waals surface area contributed by atoms with Crippen LogP contribution in [0, 0.1) is 0 Å². The van der Waals surface area contributed by atoms with Gasteiger partial charge < -0.3 is 20.1 Å². The first-order valence-corrected chi connectivity index (χ1v) is 6.92. The van der Waals surface area contributed by atoms with Crippen LogP contribution in [0.1, 0.15) is 29.4 Å². The van der Waals surface area contributed by atoms with Gasteiger partial charge in [-0.05, 0) is 18.1 Å². The Hall–Kier alpha value is -2.15. The van der Waals surface area contributed by atoms with E-state index in [9.17, 15) is 9.59 Å². The molecule has 7 heteroatoms. The maximum Gasteiger partial charge on any atom is 0.354 e. The molecule has 2 heterocycles. The van der Waals surface area contributed by atoms with E-state index in [1.54, 1.807) is 11.0 Å². The standard InChI is InChI=1S/C14H19N3O4/c1-2-11-9-21-6-5-17(11)14(20)16-8-10-3-4-12(13(18)19)15-7-10/h3-4,7,11H,2,5-6,8-9H2,1H3,(H,16,20)(H,18,19). The summed E-state index contributed by atoms with van der Waals surface area (Å²) in [6.07, 6.45) is 2.31. The van der Waals surface area contributed by atoms with Gasteiger partial charge in [0.15, 0.2) is 0 Å². The van der Waals surface area contributed by atoms with Crippen molar-refractivity contribution in [1.29, 1.82) is 0 Å². The van der Waals surface area contributed by atoms with Gasteiger partial charge in [0.25, 0.3) is 0 Å². The molecule has 114 valence electrons. The molecule has 1 atom stereocenters. The van der Waals surface area contributed by atoms with Crippen LogP contribution in [-0.2, 0) is 11.3 Å². The van der Waals surface area contributed by atoms with Crippen LogP contribution in [0.2, 0.25) is 0 Å². The number of amides is 2. The summed E-state index contributed by atoms with van der Waals surface area (Å²) in [5.74, 6) is -1.07. The molecule has 2 rings (SSSR count). The van der Waals surface area contributed by atoms with Crippen LogP contribution >= 0.6 is 0 Å². The fourth-order valence-corrected chi connectivity index (χ4v) is 2.20. The molecule has 7 nitrogen and oxygen atoms in total. The van der Waals surface area contributed by atoms with Crippen LogP contribution in [0.3, 0.4) is 0 Å². The molecule has 1 fully saturated rings. The summed E-state index contributed by atoms with van der Waals surface area (Å²) >= 11 is 0. The number of nitrogens with one attached hydrogen (secondary N) is 1. The van der Waals surface area contributed by atoms with E-state index in [1.807, 2.05) is 6.92 Å². The summed E-state index contributed by atoms with van der Waals surface area (Å²) in [7, 11) is 0. The maximum absolute atomic E-state index is 12.2. The number of hydrogen-bond acceptors (Lipinski definition) is 4. The quantitative estimate of drug-likeness (QED) is 0.867. The summed E-state index contributed by atoms with van der Waals surface area (Å²) in [6.45, 7) is 4.05. The van der Waals surface area contributed by atoms with E-state index in [1.165, 1.54) is 12.3 Å². The highest BCUT2D eigenvalue weighted by Crippen LogP contribution is 2.10. The average molecular weight is 293 g/mol. The lowest BCUT2D eigenvalue weighted by Crippen LogP contribution is -2.52. The lowest BCUT2D eigenvalue weighted by Gasteiger charge is -2.35. The van der Waals surface area contributed by atoms with Gasteiger partial charge in [-0.1, -0.05) is 13.0 Å². The summed E-state index contributed by atoms with van der Waals surface area (Å²) < 4.78 is 5.36. The highest BCUT2D eigenvalue weighted by atomic mass is 16.5. The van der Waals surface area contributed by atoms with Gasteiger partial charge in [-0.3, -0.25) is 0 Å². The molecule has 1 aliphatic heterocycles. The molecule has 0 bridgehead atoms. The third-order valence-corrected chi connectivity index (χ3v) is 3.45. The first-order chi connectivity index (χ1) is 10.1. The number of aromatic carboxylic acids is 1. The highest BCUT2D eigenvalue weighted by Gasteiger charge is 2.25. The molecule has 21 heavy (non-hydrogen) atoms. The number of morpholine rings is 1. The normalized spacial score (nSPS) is 18.3. The van der Waals surface area contributed by atoms with E-state index < -0.39 is 5.97 Å². The maximum atomic E-state index is 12.2. The molecular formula is C14H19N3O4. The zero-order valence-electron chi connectivity index (χ0n) is 11.9. The lowest BCUT2D eigenvalue weighted by atomic mass is 10.2. The van der Waals surface area contributed by atoms with Gasteiger partial charge in [-0.15, -0.1) is 0 Å². The summed E-state index contributed by atoms with van der Waals surface area (Å²) in [4.78, 5) is 28.5. The Morgan fingerprint density at radius 1 is 1.52 bits per heavy atom. The van der Waals surface area contributed by atoms with Crippen molar-refractivity contribution in [1.82, 2.24) is 15.2 Å². The Morgan fingerprint density at radius 2 is 2.33 bits per heavy atom. The third-order valence-electron chi connectivity index (χ3n) is 3.45. The topological polar surface area (TPSA) is 91.8 Å². The number of carbonyl (C=O) groups excluding carboxylic acids is 1. The Kier molecular flexibility index (Phi) is 5.10. The molecule has 1 aromatic heterocycles. The van der Waals surface area contributed by atoms with Crippen molar-refractivity contribution in [2.24, 2.45) is 0 Å². The minimum atomic E-state index is -1.07. The zero-order chi connectivity index (χ0) is 15.2. The second-order valence-electron chi connectivity index (χ2n) is 4.85. The van der Waals surface area contributed by atoms with Crippen LogP contribution in [0.4, 0.5) is 4.79 Å². The number of carboxylic acid groups (broad SMARTS) is 1. The number of urea groups is 1. The summed E-state index contributed by atoms with van der Waals surface area (Å²) in [5, 5.41) is 11.6. The molecule has 1 aromatic rings. The monoisotopic (exact) mass is 293 g/mol. The van der Waals surface area contributed by atoms with Gasteiger partial charge in [0.2, 0.25) is 0 Å². The number of ether oxygens (including phenoxy) is 1. The molecule has 2 N–H and O–H groups in total. The minimum Gasteiger partial charge on any atom is -0.477 e. The molecule has 1 saturated heterocycles. The largest absolute Gasteiger partial charge is 0.477 e. The molecule has 0 aliphatic carbocycles. The number of hydrogen-bond donors (Lipinski definition) is 2. The van der Waals surface area contributed by atoms with Crippen LogP contribution in [0.5, 0.6) is 0 Å². The number of aromatic nitrogens is 1. The molecule has 0 aromatic carbocycles. The fourth-order valence-electron chi connectivity index (χ4n) is 2.20. The first-order valence-electron chi connectivity index (χ1n) is 6.92. The smallest absolute Gasteiger partial charge is 0.354 e. The number of nitrogens with zero attached hydrogens (tertiary/aromatic N) is 2. The first kappa shape index (κ1) is 15.2. The van der Waals surface area contributed by atoms with E-state index in [-0.39, 0.29) is 17.8 Å². The van der Waals surface area contributed by atoms with Crippen molar-refractivity contribution >= 4 is 12.0 Å². The van der Waals surface area contributed by atoms with Crippen molar-refractivity contribution < 1.29 is 19.4 Å². The van der Waals surface area contributed by atoms with Gasteiger partial charge in [-0.2, -0.15) is 0 Å². The van der Waals surface area contributed by atoms with E-state index >= 15 is 0 Å². The van der Waals surface area contributed by atoms with Crippen LogP contribution < -0.4 is 5.32 Å². The van der Waals surface area contributed by atoms with Gasteiger partial charge in [0.1, 0.15) is 5.69 Å². The minimum absolute atomic E-state index is 0.00990. The van der Waals surface area contributed by atoms with Crippen molar-refractivity contribution in [2.75, 3.05) is 19.8 Å². The second-order valence-corrected chi connectivity index (χ2v) is 4.85.